The van der Waals surface area contributed by atoms with Crippen LogP contribution < -0.4 is 5.32 Å². The first kappa shape index (κ1) is 29.8. The van der Waals surface area contributed by atoms with Gasteiger partial charge >= 0.3 is 0 Å². The molecule has 3 heterocycles. The Hall–Kier alpha value is -2.63. The smallest absolute Gasteiger partial charge is 0.256 e. The molecule has 2 aromatic carbocycles. The van der Waals surface area contributed by atoms with E-state index >= 15 is 0 Å². The lowest BCUT2D eigenvalue weighted by Gasteiger charge is -2.25. The Morgan fingerprint density at radius 2 is 1.71 bits per heavy atom. The summed E-state index contributed by atoms with van der Waals surface area (Å²) in [5.74, 6) is -0.254. The largest absolute Gasteiger partial charge is 0.313 e. The second-order valence-corrected chi connectivity index (χ2v) is 14.5. The monoisotopic (exact) mass is 610 g/mol. The Morgan fingerprint density at radius 3 is 2.37 bits per heavy atom. The third-order valence-corrected chi connectivity index (χ3v) is 11.7. The Balaban J connectivity index is 1.42. The number of nitrogens with zero attached hydrogens (tertiary/aromatic N) is 3. The van der Waals surface area contributed by atoms with Crippen molar-refractivity contribution in [3.05, 3.63) is 64.5 Å². The SMILES string of the molecule is CCCCN(CCCC)S(=O)(=O)c1ccc(C(=O)Nc2sc3c(c2-c2nc4ccccc4s2)CCN(CC)C3)cc1. The molecule has 7 nitrogen and oxygen atoms in total. The van der Waals surface area contributed by atoms with E-state index in [4.69, 9.17) is 4.98 Å². The van der Waals surface area contributed by atoms with Crippen molar-refractivity contribution in [2.45, 2.75) is 64.3 Å². The van der Waals surface area contributed by atoms with Gasteiger partial charge in [0.2, 0.25) is 10.0 Å². The normalized spacial score (nSPS) is 14.0. The minimum absolute atomic E-state index is 0.225. The third kappa shape index (κ3) is 6.41. The maximum atomic E-state index is 13.5. The van der Waals surface area contributed by atoms with Crippen molar-refractivity contribution in [2.24, 2.45) is 0 Å². The molecule has 1 N–H and O–H groups in total. The van der Waals surface area contributed by atoms with Crippen molar-refractivity contribution in [2.75, 3.05) is 31.5 Å². The molecule has 41 heavy (non-hydrogen) atoms. The fourth-order valence-corrected chi connectivity index (χ4v) is 9.06. The van der Waals surface area contributed by atoms with Crippen LogP contribution >= 0.6 is 22.7 Å². The number of carbonyl (C=O) groups excluding carboxylic acids is 1. The lowest BCUT2D eigenvalue weighted by Crippen LogP contribution is -2.33. The van der Waals surface area contributed by atoms with Crippen LogP contribution in [0.15, 0.2) is 53.4 Å². The number of sulfonamides is 1. The van der Waals surface area contributed by atoms with Crippen LogP contribution in [-0.2, 0) is 23.0 Å². The summed E-state index contributed by atoms with van der Waals surface area (Å²) in [6, 6.07) is 14.5. The zero-order chi connectivity index (χ0) is 29.0. The van der Waals surface area contributed by atoms with Crippen LogP contribution in [0.2, 0.25) is 0 Å². The van der Waals surface area contributed by atoms with Gasteiger partial charge in [-0.1, -0.05) is 45.7 Å². The van der Waals surface area contributed by atoms with Gasteiger partial charge in [0.1, 0.15) is 10.0 Å². The summed E-state index contributed by atoms with van der Waals surface area (Å²) < 4.78 is 29.4. The van der Waals surface area contributed by atoms with Gasteiger partial charge in [-0.3, -0.25) is 9.69 Å². The van der Waals surface area contributed by atoms with E-state index in [1.165, 1.54) is 10.4 Å². The number of carbonyl (C=O) groups is 1. The lowest BCUT2D eigenvalue weighted by molar-refractivity contribution is 0.102. The maximum absolute atomic E-state index is 13.5. The predicted molar refractivity (Wildman–Crippen MR) is 171 cm³/mol. The molecule has 0 fully saturated rings. The van der Waals surface area contributed by atoms with E-state index in [9.17, 15) is 13.2 Å². The average molecular weight is 611 g/mol. The van der Waals surface area contributed by atoms with Crippen LogP contribution in [0, 0.1) is 0 Å². The highest BCUT2D eigenvalue weighted by molar-refractivity contribution is 7.89. The third-order valence-electron chi connectivity index (χ3n) is 7.59. The summed E-state index contributed by atoms with van der Waals surface area (Å²) in [6.45, 7) is 10.1. The van der Waals surface area contributed by atoms with Gasteiger partial charge in [0.05, 0.1) is 15.1 Å². The molecular weight excluding hydrogens is 573 g/mol. The lowest BCUT2D eigenvalue weighted by atomic mass is 10.0. The number of thiophene rings is 1. The quantitative estimate of drug-likeness (QED) is 0.183. The van der Waals surface area contributed by atoms with Gasteiger partial charge in [-0.2, -0.15) is 4.31 Å². The van der Waals surface area contributed by atoms with Crippen molar-refractivity contribution in [3.63, 3.8) is 0 Å². The van der Waals surface area contributed by atoms with Gasteiger partial charge in [-0.05, 0) is 67.8 Å². The Labute approximate surface area is 251 Å². The number of amides is 1. The minimum Gasteiger partial charge on any atom is -0.313 e. The highest BCUT2D eigenvalue weighted by atomic mass is 32.2. The molecule has 0 atom stereocenters. The number of hydrogen-bond acceptors (Lipinski definition) is 7. The van der Waals surface area contributed by atoms with Crippen molar-refractivity contribution in [1.29, 1.82) is 0 Å². The number of thiazole rings is 1. The van der Waals surface area contributed by atoms with E-state index in [2.05, 4.69) is 37.1 Å². The summed E-state index contributed by atoms with van der Waals surface area (Å²) >= 11 is 3.27. The first-order chi connectivity index (χ1) is 19.8. The number of para-hydroxylation sites is 1. The predicted octanol–water partition coefficient (Wildman–Crippen LogP) is 7.25. The second kappa shape index (κ2) is 13.1. The van der Waals surface area contributed by atoms with Crippen LogP contribution in [0.1, 0.15) is 67.3 Å². The molecule has 0 saturated heterocycles. The van der Waals surface area contributed by atoms with Crippen LogP contribution in [0.4, 0.5) is 5.00 Å². The van der Waals surface area contributed by atoms with E-state index in [0.717, 1.165) is 77.5 Å². The van der Waals surface area contributed by atoms with E-state index in [1.54, 1.807) is 51.2 Å². The first-order valence-electron chi connectivity index (χ1n) is 14.5. The standard InChI is InChI=1S/C31H38N4O3S3/c1-4-7-18-35(19-8-5-2)41(37,38)23-15-13-22(14-16-23)29(36)33-31-28(24-17-20-34(6-3)21-27(24)40-31)30-32-25-11-9-10-12-26(25)39-30/h9-16H,4-8,17-21H2,1-3H3,(H,33,36). The summed E-state index contributed by atoms with van der Waals surface area (Å²) in [7, 11) is -3.62. The molecule has 1 aliphatic heterocycles. The van der Waals surface area contributed by atoms with Gasteiger partial charge in [-0.25, -0.2) is 13.4 Å². The molecule has 1 amide bonds. The second-order valence-electron chi connectivity index (χ2n) is 10.4. The summed E-state index contributed by atoms with van der Waals surface area (Å²) in [4.78, 5) is 22.3. The number of benzene rings is 2. The number of aromatic nitrogens is 1. The molecule has 0 unspecified atom stereocenters. The summed E-state index contributed by atoms with van der Waals surface area (Å²) in [5.41, 5.74) is 3.68. The molecule has 4 aromatic rings. The Morgan fingerprint density at radius 1 is 1.00 bits per heavy atom. The van der Waals surface area contributed by atoms with E-state index < -0.39 is 10.0 Å². The molecule has 2 aromatic heterocycles. The van der Waals surface area contributed by atoms with Gasteiger partial charge in [0, 0.05) is 42.2 Å². The van der Waals surface area contributed by atoms with Gasteiger partial charge < -0.3 is 5.32 Å². The fourth-order valence-electron chi connectivity index (χ4n) is 5.14. The summed E-state index contributed by atoms with van der Waals surface area (Å²) in [5, 5.41) is 4.89. The first-order valence-corrected chi connectivity index (χ1v) is 17.6. The van der Waals surface area contributed by atoms with E-state index in [-0.39, 0.29) is 10.8 Å². The Bertz CT molecular complexity index is 1570. The molecule has 218 valence electrons. The fraction of sp³-hybridized carbons (Fsp3) is 0.419. The van der Waals surface area contributed by atoms with Gasteiger partial charge in [0.25, 0.3) is 5.91 Å². The number of rotatable bonds is 12. The number of fused-ring (bicyclic) bond motifs is 2. The van der Waals surface area contributed by atoms with E-state index in [1.807, 2.05) is 18.2 Å². The molecular formula is C31H38N4O3S3. The van der Waals surface area contributed by atoms with Crippen LogP contribution in [0.3, 0.4) is 0 Å². The molecule has 5 rings (SSSR count). The molecule has 1 aliphatic rings. The van der Waals surface area contributed by atoms with Crippen LogP contribution in [0.5, 0.6) is 0 Å². The van der Waals surface area contributed by atoms with Crippen molar-refractivity contribution in [3.8, 4) is 10.6 Å². The molecule has 0 spiro atoms. The van der Waals surface area contributed by atoms with Crippen molar-refractivity contribution < 1.29 is 13.2 Å². The number of likely N-dealkylation sites (N-methyl/N-ethyl adjacent to an activating group) is 1. The van der Waals surface area contributed by atoms with Gasteiger partial charge in [0.15, 0.2) is 0 Å². The minimum atomic E-state index is -3.62. The van der Waals surface area contributed by atoms with Crippen molar-refractivity contribution >= 4 is 53.8 Å². The van der Waals surface area contributed by atoms with Gasteiger partial charge in [-0.15, -0.1) is 22.7 Å². The number of unbranched alkanes of at least 4 members (excludes halogenated alkanes) is 2. The summed E-state index contributed by atoms with van der Waals surface area (Å²) in [6.07, 6.45) is 4.42. The zero-order valence-corrected chi connectivity index (χ0v) is 26.4. The topological polar surface area (TPSA) is 82.6 Å². The number of nitrogens with one attached hydrogen (secondary N) is 1. The van der Waals surface area contributed by atoms with E-state index in [0.29, 0.717) is 18.7 Å². The number of anilines is 1. The van der Waals surface area contributed by atoms with Crippen LogP contribution in [-0.4, -0.2) is 54.7 Å². The molecule has 0 aliphatic carbocycles. The maximum Gasteiger partial charge on any atom is 0.256 e. The zero-order valence-electron chi connectivity index (χ0n) is 24.0. The highest BCUT2D eigenvalue weighted by Crippen LogP contribution is 2.45. The molecule has 10 heteroatoms. The number of hydrogen-bond donors (Lipinski definition) is 1. The van der Waals surface area contributed by atoms with Crippen molar-refractivity contribution in [1.82, 2.24) is 14.2 Å². The average Bonchev–Trinajstić information content (AvgIpc) is 3.57. The van der Waals surface area contributed by atoms with Crippen LogP contribution in [0.25, 0.3) is 20.8 Å². The molecule has 0 bridgehead atoms. The molecule has 0 saturated carbocycles. The highest BCUT2D eigenvalue weighted by Gasteiger charge is 2.28. The molecule has 0 radical (unpaired) electrons. The Kier molecular flexibility index (Phi) is 9.56.